The zero-order valence-electron chi connectivity index (χ0n) is 27.1. The standard InChI is InChI=1S/C10H11ClN4O.C10H10ClN4O.3C4H9.Sn/c2*11-9-8-10(13-5-12-9)15(6-14-8)7-3-1-2-4-16-7;3*1-3-4-2;/h5-7H,1-4H2;6-7H,1-4H2;3*1,3-4H2,2H3;. The zero-order valence-corrected chi connectivity index (χ0v) is 31.4. The van der Waals surface area contributed by atoms with E-state index < -0.39 is 18.4 Å². The number of unbranched alkanes of at least 4 members (excludes halogenated alkanes) is 3. The molecule has 2 saturated heterocycles. The molecule has 0 saturated carbocycles. The summed E-state index contributed by atoms with van der Waals surface area (Å²) in [5, 5.41) is 0.921. The minimum absolute atomic E-state index is 0.0269. The number of ether oxygens (including phenoxy) is 2. The predicted molar refractivity (Wildman–Crippen MR) is 183 cm³/mol. The van der Waals surface area contributed by atoms with Crippen molar-refractivity contribution in [2.75, 3.05) is 13.2 Å². The zero-order chi connectivity index (χ0) is 31.6. The van der Waals surface area contributed by atoms with Gasteiger partial charge in [-0.15, -0.1) is 0 Å². The largest absolute Gasteiger partial charge is 0.358 e. The first-order valence-electron chi connectivity index (χ1n) is 17.0. The Morgan fingerprint density at radius 3 is 1.73 bits per heavy atom. The van der Waals surface area contributed by atoms with E-state index in [1.807, 2.05) is 10.9 Å². The minimum atomic E-state index is -2.75. The summed E-state index contributed by atoms with van der Waals surface area (Å²) in [6.45, 7) is 8.49. The van der Waals surface area contributed by atoms with Gasteiger partial charge < -0.3 is 4.74 Å². The van der Waals surface area contributed by atoms with E-state index in [0.717, 1.165) is 59.5 Å². The van der Waals surface area contributed by atoms with Crippen LogP contribution in [0.3, 0.4) is 0 Å². The number of imidazole rings is 2. The molecule has 6 heterocycles. The van der Waals surface area contributed by atoms with Gasteiger partial charge in [-0.3, -0.25) is 4.57 Å². The molecule has 0 aromatic carbocycles. The van der Waals surface area contributed by atoms with Gasteiger partial charge >= 0.3 is 185 Å². The quantitative estimate of drug-likeness (QED) is 0.105. The number of rotatable bonds is 12. The average Bonchev–Trinajstić information content (AvgIpc) is 3.72. The first-order chi connectivity index (χ1) is 22.0. The van der Waals surface area contributed by atoms with E-state index in [0.29, 0.717) is 15.8 Å². The fourth-order valence-electron chi connectivity index (χ4n) is 6.51. The van der Waals surface area contributed by atoms with Crippen molar-refractivity contribution in [1.29, 1.82) is 0 Å². The molecule has 10 nitrogen and oxygen atoms in total. The Bertz CT molecular complexity index is 1480. The second-order valence-corrected chi connectivity index (χ2v) is 26.0. The molecular formula is C32H48Cl2N8O2Sn. The third-order valence-corrected chi connectivity index (χ3v) is 24.2. The summed E-state index contributed by atoms with van der Waals surface area (Å²) in [7, 11) is 0. The fourth-order valence-corrected chi connectivity index (χ4v) is 22.0. The van der Waals surface area contributed by atoms with Gasteiger partial charge in [0.05, 0.1) is 6.33 Å². The first-order valence-corrected chi connectivity index (χ1v) is 25.2. The summed E-state index contributed by atoms with van der Waals surface area (Å²) in [6, 6.07) is 0. The molecule has 2 aliphatic rings. The van der Waals surface area contributed by atoms with Crippen LogP contribution in [0.1, 0.15) is 110 Å². The van der Waals surface area contributed by atoms with Crippen molar-refractivity contribution < 1.29 is 9.47 Å². The van der Waals surface area contributed by atoms with Gasteiger partial charge in [0.2, 0.25) is 0 Å². The average molecular weight is 766 g/mol. The van der Waals surface area contributed by atoms with Crippen LogP contribution in [0.2, 0.25) is 23.6 Å². The molecule has 2 unspecified atom stereocenters. The third-order valence-electron chi connectivity index (χ3n) is 9.13. The predicted octanol–water partition coefficient (Wildman–Crippen LogP) is 8.41. The summed E-state index contributed by atoms with van der Waals surface area (Å²) in [5.41, 5.74) is 2.99. The summed E-state index contributed by atoms with van der Waals surface area (Å²) in [6.07, 6.45) is 19.3. The maximum atomic E-state index is 6.69. The SMILES string of the molecule is CCC[CH2][Sn]([CH2]CCC)([CH2]CCC)[c]1nc(Cl)c2ncn(C3CCCCO3)c2n1.Clc1ncnc2c1ncn2C1CCCCO1. The molecule has 2 aliphatic heterocycles. The molecule has 6 rings (SSSR count). The molecule has 0 N–H and O–H groups in total. The van der Waals surface area contributed by atoms with Crippen LogP contribution in [0.5, 0.6) is 0 Å². The van der Waals surface area contributed by atoms with E-state index in [1.54, 1.807) is 6.33 Å². The Hall–Kier alpha value is -1.60. The Morgan fingerprint density at radius 2 is 1.22 bits per heavy atom. The van der Waals surface area contributed by atoms with Crippen LogP contribution in [0.4, 0.5) is 0 Å². The van der Waals surface area contributed by atoms with E-state index >= 15 is 0 Å². The van der Waals surface area contributed by atoms with Crippen molar-refractivity contribution in [2.24, 2.45) is 0 Å². The molecule has 0 amide bonds. The first kappa shape index (κ1) is 34.7. The second-order valence-electron chi connectivity index (χ2n) is 12.4. The van der Waals surface area contributed by atoms with E-state index in [2.05, 4.69) is 45.3 Å². The molecular weight excluding hydrogens is 718 g/mol. The van der Waals surface area contributed by atoms with Crippen LogP contribution < -0.4 is 3.84 Å². The molecule has 0 radical (unpaired) electrons. The second kappa shape index (κ2) is 17.0. The maximum absolute atomic E-state index is 6.69. The maximum Gasteiger partial charge on any atom is 0.166 e. The van der Waals surface area contributed by atoms with E-state index in [1.165, 1.54) is 71.0 Å². The Balaban J connectivity index is 0.000000209. The van der Waals surface area contributed by atoms with Crippen LogP contribution in [-0.4, -0.2) is 70.6 Å². The van der Waals surface area contributed by atoms with Crippen LogP contribution in [0.15, 0.2) is 19.0 Å². The summed E-state index contributed by atoms with van der Waals surface area (Å²) >= 11 is 9.88. The van der Waals surface area contributed by atoms with Gasteiger partial charge in [0.15, 0.2) is 10.8 Å². The van der Waals surface area contributed by atoms with Gasteiger partial charge in [-0.05, 0) is 19.3 Å². The van der Waals surface area contributed by atoms with Gasteiger partial charge in [0, 0.05) is 6.61 Å². The molecule has 45 heavy (non-hydrogen) atoms. The van der Waals surface area contributed by atoms with E-state index in [9.17, 15) is 0 Å². The van der Waals surface area contributed by atoms with Crippen molar-refractivity contribution >= 4 is 67.7 Å². The van der Waals surface area contributed by atoms with Gasteiger partial charge in [-0.2, -0.15) is 0 Å². The number of aromatic nitrogens is 8. The number of halogens is 2. The molecule has 0 aliphatic carbocycles. The number of fused-ring (bicyclic) bond motifs is 2. The minimum Gasteiger partial charge on any atom is -0.358 e. The Morgan fingerprint density at radius 1 is 0.689 bits per heavy atom. The van der Waals surface area contributed by atoms with Crippen LogP contribution in [0, 0.1) is 0 Å². The smallest absolute Gasteiger partial charge is 0.166 e. The molecule has 4 aromatic rings. The molecule has 2 fully saturated rings. The van der Waals surface area contributed by atoms with Crippen molar-refractivity contribution in [1.82, 2.24) is 39.0 Å². The summed E-state index contributed by atoms with van der Waals surface area (Å²) in [5.74, 6) is 0. The van der Waals surface area contributed by atoms with E-state index in [-0.39, 0.29) is 12.5 Å². The number of hydrogen-bond acceptors (Lipinski definition) is 8. The number of nitrogens with zero attached hydrogens (tertiary/aromatic N) is 8. The molecule has 4 aromatic heterocycles. The molecule has 13 heteroatoms. The van der Waals surface area contributed by atoms with E-state index in [4.69, 9.17) is 42.6 Å². The topological polar surface area (TPSA) is 106 Å². The summed E-state index contributed by atoms with van der Waals surface area (Å²) in [4.78, 5) is 27.0. The summed E-state index contributed by atoms with van der Waals surface area (Å²) < 4.78 is 20.9. The van der Waals surface area contributed by atoms with Crippen molar-refractivity contribution in [3.05, 3.63) is 29.3 Å². The van der Waals surface area contributed by atoms with Crippen LogP contribution >= 0.6 is 23.2 Å². The molecule has 246 valence electrons. The molecule has 0 spiro atoms. The van der Waals surface area contributed by atoms with Crippen molar-refractivity contribution in [3.63, 3.8) is 0 Å². The van der Waals surface area contributed by atoms with Gasteiger partial charge in [0.25, 0.3) is 0 Å². The Kier molecular flexibility index (Phi) is 13.1. The van der Waals surface area contributed by atoms with Crippen LogP contribution in [-0.2, 0) is 9.47 Å². The normalized spacial score (nSPS) is 19.1. The third kappa shape index (κ3) is 8.28. The fraction of sp³-hybridized carbons (Fsp3) is 0.688. The number of hydrogen-bond donors (Lipinski definition) is 0. The molecule has 0 bridgehead atoms. The van der Waals surface area contributed by atoms with Crippen molar-refractivity contribution in [2.45, 2.75) is 124 Å². The van der Waals surface area contributed by atoms with Crippen LogP contribution in [0.25, 0.3) is 22.3 Å². The molecule has 2 atom stereocenters. The Labute approximate surface area is 280 Å². The van der Waals surface area contributed by atoms with Crippen molar-refractivity contribution in [3.8, 4) is 0 Å². The van der Waals surface area contributed by atoms with Gasteiger partial charge in [-0.25, -0.2) is 15.0 Å². The monoisotopic (exact) mass is 766 g/mol. The van der Waals surface area contributed by atoms with Gasteiger partial charge in [-0.1, -0.05) is 11.6 Å². The van der Waals surface area contributed by atoms with Gasteiger partial charge in [0.1, 0.15) is 18.1 Å².